The lowest BCUT2D eigenvalue weighted by Crippen LogP contribution is -2.52. The summed E-state index contributed by atoms with van der Waals surface area (Å²) < 4.78 is 5.93. The molecule has 1 aromatic carbocycles. The third-order valence-corrected chi connectivity index (χ3v) is 5.60. The summed E-state index contributed by atoms with van der Waals surface area (Å²) in [6.07, 6.45) is 4.46. The Bertz CT molecular complexity index is 551. The zero-order valence-corrected chi connectivity index (χ0v) is 15.5. The van der Waals surface area contributed by atoms with Crippen molar-refractivity contribution in [2.24, 2.45) is 0 Å². The molecule has 0 unspecified atom stereocenters. The molecule has 2 saturated heterocycles. The molecule has 25 heavy (non-hydrogen) atoms. The first-order valence-electron chi connectivity index (χ1n) is 9.57. The summed E-state index contributed by atoms with van der Waals surface area (Å²) >= 11 is 0. The standard InChI is InChI=1S/C20H31N3O2/c1-3-17(12-16-8-5-4-6-9-16)22(2)20(24)21-13-19-14-23-11-7-10-18(23)15-25-19/h4-6,8-9,17-19H,3,7,10-15H2,1-2H3,(H,21,24)/t17-,18+,19+/m1/s1. The molecule has 5 heteroatoms. The van der Waals surface area contributed by atoms with E-state index in [1.54, 1.807) is 0 Å². The Labute approximate surface area is 151 Å². The molecule has 5 nitrogen and oxygen atoms in total. The lowest BCUT2D eigenvalue weighted by molar-refractivity contribution is -0.0461. The summed E-state index contributed by atoms with van der Waals surface area (Å²) in [5.41, 5.74) is 1.27. The van der Waals surface area contributed by atoms with Gasteiger partial charge in [-0.2, -0.15) is 0 Å². The SMILES string of the molecule is CC[C@H](Cc1ccccc1)N(C)C(=O)NC[C@H]1CN2CCC[C@H]2CO1. The third kappa shape index (κ3) is 4.73. The van der Waals surface area contributed by atoms with Gasteiger partial charge in [0.1, 0.15) is 0 Å². The van der Waals surface area contributed by atoms with Gasteiger partial charge in [-0.3, -0.25) is 4.90 Å². The molecule has 2 aliphatic rings. The minimum absolute atomic E-state index is 0.00470. The summed E-state index contributed by atoms with van der Waals surface area (Å²) in [6.45, 7) is 5.65. The molecule has 2 fully saturated rings. The van der Waals surface area contributed by atoms with Crippen LogP contribution in [-0.2, 0) is 11.2 Å². The molecular weight excluding hydrogens is 314 g/mol. The molecule has 1 aromatic rings. The van der Waals surface area contributed by atoms with Crippen molar-refractivity contribution < 1.29 is 9.53 Å². The van der Waals surface area contributed by atoms with Crippen molar-refractivity contribution in [3.05, 3.63) is 35.9 Å². The highest BCUT2D eigenvalue weighted by atomic mass is 16.5. The second-order valence-electron chi connectivity index (χ2n) is 7.30. The quantitative estimate of drug-likeness (QED) is 0.862. The fourth-order valence-electron chi connectivity index (χ4n) is 3.94. The molecular formula is C20H31N3O2. The maximum absolute atomic E-state index is 12.5. The van der Waals surface area contributed by atoms with Gasteiger partial charge in [0.25, 0.3) is 0 Å². The van der Waals surface area contributed by atoms with Gasteiger partial charge in [0.15, 0.2) is 0 Å². The number of nitrogens with one attached hydrogen (secondary N) is 1. The van der Waals surface area contributed by atoms with Crippen molar-refractivity contribution in [1.82, 2.24) is 15.1 Å². The molecule has 2 aliphatic heterocycles. The van der Waals surface area contributed by atoms with Gasteiger partial charge in [0.05, 0.1) is 12.7 Å². The highest BCUT2D eigenvalue weighted by Gasteiger charge is 2.32. The van der Waals surface area contributed by atoms with Crippen LogP contribution in [0.4, 0.5) is 4.79 Å². The Kier molecular flexibility index (Phi) is 6.32. The van der Waals surface area contributed by atoms with E-state index < -0.39 is 0 Å². The normalized spacial score (nSPS) is 24.6. The van der Waals surface area contributed by atoms with Crippen molar-refractivity contribution >= 4 is 6.03 Å². The Balaban J connectivity index is 1.46. The number of carbonyl (C=O) groups is 1. The molecule has 0 saturated carbocycles. The Hall–Kier alpha value is -1.59. The van der Waals surface area contributed by atoms with Crippen LogP contribution in [-0.4, -0.2) is 67.3 Å². The molecule has 0 spiro atoms. The van der Waals surface area contributed by atoms with Gasteiger partial charge in [0.2, 0.25) is 0 Å². The maximum Gasteiger partial charge on any atom is 0.317 e. The molecule has 0 bridgehead atoms. The summed E-state index contributed by atoms with van der Waals surface area (Å²) in [5.74, 6) is 0. The van der Waals surface area contributed by atoms with Crippen LogP contribution in [0.25, 0.3) is 0 Å². The van der Waals surface area contributed by atoms with E-state index >= 15 is 0 Å². The number of ether oxygens (including phenoxy) is 1. The van der Waals surface area contributed by atoms with E-state index in [1.165, 1.54) is 24.9 Å². The van der Waals surface area contributed by atoms with Crippen molar-refractivity contribution in [2.75, 3.05) is 33.3 Å². The highest BCUT2D eigenvalue weighted by Crippen LogP contribution is 2.22. The van der Waals surface area contributed by atoms with Crippen LogP contribution in [0.3, 0.4) is 0 Å². The van der Waals surface area contributed by atoms with Crippen LogP contribution in [0.2, 0.25) is 0 Å². The Morgan fingerprint density at radius 2 is 2.20 bits per heavy atom. The number of hydrogen-bond donors (Lipinski definition) is 1. The molecule has 138 valence electrons. The van der Waals surface area contributed by atoms with Gasteiger partial charge >= 0.3 is 6.03 Å². The van der Waals surface area contributed by atoms with Crippen LogP contribution >= 0.6 is 0 Å². The van der Waals surface area contributed by atoms with Crippen LogP contribution in [0.5, 0.6) is 0 Å². The second kappa shape index (κ2) is 8.68. The largest absolute Gasteiger partial charge is 0.373 e. The van der Waals surface area contributed by atoms with Crippen LogP contribution in [0.1, 0.15) is 31.7 Å². The highest BCUT2D eigenvalue weighted by molar-refractivity contribution is 5.74. The van der Waals surface area contributed by atoms with Gasteiger partial charge in [-0.15, -0.1) is 0 Å². The van der Waals surface area contributed by atoms with E-state index in [4.69, 9.17) is 4.74 Å². The lowest BCUT2D eigenvalue weighted by atomic mass is 10.0. The van der Waals surface area contributed by atoms with Gasteiger partial charge in [-0.1, -0.05) is 37.3 Å². The summed E-state index contributed by atoms with van der Waals surface area (Å²) in [7, 11) is 1.89. The first-order valence-corrected chi connectivity index (χ1v) is 9.57. The molecule has 2 amide bonds. The number of rotatable bonds is 6. The van der Waals surface area contributed by atoms with Crippen molar-refractivity contribution in [1.29, 1.82) is 0 Å². The average Bonchev–Trinajstić information content (AvgIpc) is 3.12. The van der Waals surface area contributed by atoms with Crippen LogP contribution in [0, 0.1) is 0 Å². The van der Waals surface area contributed by atoms with E-state index in [9.17, 15) is 4.79 Å². The van der Waals surface area contributed by atoms with Gasteiger partial charge in [-0.25, -0.2) is 4.79 Å². The fraction of sp³-hybridized carbons (Fsp3) is 0.650. The number of nitrogens with zero attached hydrogens (tertiary/aromatic N) is 2. The zero-order chi connectivity index (χ0) is 17.6. The number of benzene rings is 1. The molecule has 2 heterocycles. The number of likely N-dealkylation sites (N-methyl/N-ethyl adjacent to an activating group) is 1. The first kappa shape index (κ1) is 18.2. The van der Waals surface area contributed by atoms with E-state index in [-0.39, 0.29) is 18.2 Å². The maximum atomic E-state index is 12.5. The number of fused-ring (bicyclic) bond motifs is 1. The number of morpholine rings is 1. The predicted octanol–water partition coefficient (Wildman–Crippen LogP) is 2.51. The van der Waals surface area contributed by atoms with Crippen molar-refractivity contribution in [2.45, 2.75) is 50.8 Å². The lowest BCUT2D eigenvalue weighted by Gasteiger charge is -2.35. The van der Waals surface area contributed by atoms with E-state index in [1.807, 2.05) is 30.1 Å². The molecule has 3 rings (SSSR count). The monoisotopic (exact) mass is 345 g/mol. The number of carbonyl (C=O) groups excluding carboxylic acids is 1. The first-order chi connectivity index (χ1) is 12.2. The Morgan fingerprint density at radius 1 is 1.40 bits per heavy atom. The predicted molar refractivity (Wildman–Crippen MR) is 99.7 cm³/mol. The summed E-state index contributed by atoms with van der Waals surface area (Å²) in [4.78, 5) is 16.9. The molecule has 1 N–H and O–H groups in total. The average molecular weight is 345 g/mol. The molecule has 0 aliphatic carbocycles. The van der Waals surface area contributed by atoms with E-state index in [0.717, 1.165) is 26.0 Å². The summed E-state index contributed by atoms with van der Waals surface area (Å²) in [6, 6.07) is 11.2. The number of amides is 2. The van der Waals surface area contributed by atoms with Crippen molar-refractivity contribution in [3.63, 3.8) is 0 Å². The topological polar surface area (TPSA) is 44.8 Å². The van der Waals surface area contributed by atoms with Gasteiger partial charge < -0.3 is 15.0 Å². The van der Waals surface area contributed by atoms with Crippen molar-refractivity contribution in [3.8, 4) is 0 Å². The van der Waals surface area contributed by atoms with E-state index in [2.05, 4.69) is 29.3 Å². The van der Waals surface area contributed by atoms with Crippen LogP contribution < -0.4 is 5.32 Å². The zero-order valence-electron chi connectivity index (χ0n) is 15.5. The third-order valence-electron chi connectivity index (χ3n) is 5.60. The van der Waals surface area contributed by atoms with Gasteiger partial charge in [-0.05, 0) is 37.8 Å². The van der Waals surface area contributed by atoms with Crippen LogP contribution in [0.15, 0.2) is 30.3 Å². The summed E-state index contributed by atoms with van der Waals surface area (Å²) in [5, 5.41) is 3.07. The fourth-order valence-corrected chi connectivity index (χ4v) is 3.94. The number of hydrogen-bond acceptors (Lipinski definition) is 3. The second-order valence-corrected chi connectivity index (χ2v) is 7.30. The van der Waals surface area contributed by atoms with E-state index in [0.29, 0.717) is 12.6 Å². The molecule has 0 aromatic heterocycles. The van der Waals surface area contributed by atoms with Gasteiger partial charge in [0, 0.05) is 32.2 Å². The molecule has 3 atom stereocenters. The minimum atomic E-state index is -0.00470. The molecule has 0 radical (unpaired) electrons. The smallest absolute Gasteiger partial charge is 0.317 e. The Morgan fingerprint density at radius 3 is 2.96 bits per heavy atom. The minimum Gasteiger partial charge on any atom is -0.373 e. The number of urea groups is 1.